The lowest BCUT2D eigenvalue weighted by Gasteiger charge is -2.41. The third kappa shape index (κ3) is 1.87. The Kier molecular flexibility index (Phi) is 2.72. The summed E-state index contributed by atoms with van der Waals surface area (Å²) in [5.41, 5.74) is -0.611. The van der Waals surface area contributed by atoms with Gasteiger partial charge < -0.3 is 4.74 Å². The molecule has 0 radical (unpaired) electrons. The molecule has 0 aromatic rings. The van der Waals surface area contributed by atoms with E-state index in [1.807, 2.05) is 0 Å². The summed E-state index contributed by atoms with van der Waals surface area (Å²) in [6.45, 7) is 0. The zero-order valence-corrected chi connectivity index (χ0v) is 9.74. The van der Waals surface area contributed by atoms with E-state index in [1.54, 1.807) is 0 Å². The molecule has 0 amide bonds. The van der Waals surface area contributed by atoms with E-state index in [0.29, 0.717) is 0 Å². The Balaban J connectivity index is 2.20. The van der Waals surface area contributed by atoms with E-state index in [-0.39, 0.29) is 6.42 Å². The highest BCUT2D eigenvalue weighted by Crippen LogP contribution is 2.43. The molecule has 1 saturated heterocycles. The van der Waals surface area contributed by atoms with Crippen LogP contribution in [0.5, 0.6) is 0 Å². The lowest BCUT2D eigenvalue weighted by atomic mass is 9.79. The van der Waals surface area contributed by atoms with Crippen molar-refractivity contribution in [3.63, 3.8) is 0 Å². The largest absolute Gasteiger partial charge is 0.456 e. The van der Waals surface area contributed by atoms with E-state index in [2.05, 4.69) is 0 Å². The molecule has 2 fully saturated rings. The molecule has 3 nitrogen and oxygen atoms in total. The van der Waals surface area contributed by atoms with Gasteiger partial charge in [-0.05, 0) is 25.7 Å². The first-order valence-electron chi connectivity index (χ1n) is 5.11. The van der Waals surface area contributed by atoms with Crippen LogP contribution in [-0.4, -0.2) is 21.7 Å². The number of carbonyl (C=O) groups is 2. The molecule has 5 heteroatoms. The van der Waals surface area contributed by atoms with Gasteiger partial charge in [0.2, 0.25) is 0 Å². The van der Waals surface area contributed by atoms with Gasteiger partial charge in [0, 0.05) is 0 Å². The van der Waals surface area contributed by atoms with Gasteiger partial charge in [0.15, 0.2) is 5.78 Å². The van der Waals surface area contributed by atoms with Crippen LogP contribution in [0.25, 0.3) is 0 Å². The molecule has 2 rings (SSSR count). The van der Waals surface area contributed by atoms with E-state index < -0.39 is 21.7 Å². The van der Waals surface area contributed by atoms with Gasteiger partial charge in [-0.15, -0.1) is 0 Å². The second-order valence-corrected chi connectivity index (χ2v) is 5.63. The van der Waals surface area contributed by atoms with E-state index >= 15 is 0 Å². The summed E-state index contributed by atoms with van der Waals surface area (Å²) < 4.78 is 3.29. The van der Waals surface area contributed by atoms with Crippen molar-refractivity contribution in [3.05, 3.63) is 0 Å². The number of esters is 1. The molecular weight excluding hydrogens is 239 g/mol. The maximum atomic E-state index is 11.6. The molecule has 1 aliphatic heterocycles. The van der Waals surface area contributed by atoms with Crippen molar-refractivity contribution in [3.8, 4) is 0 Å². The summed E-state index contributed by atoms with van der Waals surface area (Å²) in [7, 11) is 0. The van der Waals surface area contributed by atoms with Crippen molar-refractivity contribution in [1.29, 1.82) is 0 Å². The summed E-state index contributed by atoms with van der Waals surface area (Å²) >= 11 is 11.2. The molecule has 1 aliphatic carbocycles. The Morgan fingerprint density at radius 1 is 1.07 bits per heavy atom. The summed E-state index contributed by atoms with van der Waals surface area (Å²) in [5.74, 6) is -1.23. The molecule has 84 valence electrons. The highest BCUT2D eigenvalue weighted by molar-refractivity contribution is 6.67. The Morgan fingerprint density at radius 3 is 2.20 bits per heavy atom. The average molecular weight is 251 g/mol. The maximum absolute atomic E-state index is 11.6. The van der Waals surface area contributed by atoms with Gasteiger partial charge in [0.25, 0.3) is 4.33 Å². The number of hydrogen-bond donors (Lipinski definition) is 0. The van der Waals surface area contributed by atoms with Crippen molar-refractivity contribution >= 4 is 35.0 Å². The third-order valence-electron chi connectivity index (χ3n) is 3.16. The number of hydrogen-bond acceptors (Lipinski definition) is 3. The van der Waals surface area contributed by atoms with Crippen molar-refractivity contribution in [2.75, 3.05) is 0 Å². The Hall–Kier alpha value is -0.280. The van der Waals surface area contributed by atoms with E-state index in [1.165, 1.54) is 0 Å². The first-order valence-corrected chi connectivity index (χ1v) is 5.86. The number of ether oxygens (including phenoxy) is 1. The zero-order chi connectivity index (χ0) is 11.1. The first-order chi connectivity index (χ1) is 6.96. The first kappa shape index (κ1) is 11.2. The van der Waals surface area contributed by atoms with E-state index in [4.69, 9.17) is 27.9 Å². The number of Topliss-reactive ketones (excluding diaryl/α,β-unsaturated/α-hetero) is 1. The fourth-order valence-electron chi connectivity index (χ4n) is 2.29. The number of alkyl halides is 2. The molecule has 15 heavy (non-hydrogen) atoms. The number of ketones is 1. The van der Waals surface area contributed by atoms with Crippen LogP contribution < -0.4 is 0 Å². The smallest absolute Gasteiger partial charge is 0.351 e. The average Bonchev–Trinajstić information content (AvgIpc) is 2.16. The van der Waals surface area contributed by atoms with Gasteiger partial charge in [0.1, 0.15) is 5.60 Å². The molecule has 0 atom stereocenters. The summed E-state index contributed by atoms with van der Waals surface area (Å²) in [6.07, 6.45) is 4.74. The molecule has 0 unspecified atom stereocenters. The lowest BCUT2D eigenvalue weighted by molar-refractivity contribution is -0.175. The number of rotatable bonds is 0. The molecule has 0 aromatic carbocycles. The molecule has 1 spiro atoms. The topological polar surface area (TPSA) is 43.4 Å². The SMILES string of the molecule is O=C1CC2(CCCCC2)OC(=O)C1(Cl)Cl. The van der Waals surface area contributed by atoms with Crippen molar-refractivity contribution in [2.45, 2.75) is 48.5 Å². The van der Waals surface area contributed by atoms with Crippen LogP contribution >= 0.6 is 23.2 Å². The Labute approximate surface area is 98.1 Å². The predicted octanol–water partition coefficient (Wildman–Crippen LogP) is 2.38. The van der Waals surface area contributed by atoms with Gasteiger partial charge in [-0.2, -0.15) is 0 Å². The quantitative estimate of drug-likeness (QED) is 0.377. The van der Waals surface area contributed by atoms with Crippen molar-refractivity contribution in [2.24, 2.45) is 0 Å². The van der Waals surface area contributed by atoms with Gasteiger partial charge in [0.05, 0.1) is 6.42 Å². The number of carbonyl (C=O) groups excluding carboxylic acids is 2. The van der Waals surface area contributed by atoms with Crippen LogP contribution in [0.3, 0.4) is 0 Å². The highest BCUT2D eigenvalue weighted by atomic mass is 35.5. The fourth-order valence-corrected chi connectivity index (χ4v) is 2.50. The molecule has 1 saturated carbocycles. The summed E-state index contributed by atoms with van der Waals surface area (Å²) in [5, 5.41) is 0. The van der Waals surface area contributed by atoms with Crippen molar-refractivity contribution in [1.82, 2.24) is 0 Å². The monoisotopic (exact) mass is 250 g/mol. The van der Waals surface area contributed by atoms with Gasteiger partial charge in [-0.25, -0.2) is 4.79 Å². The molecule has 2 aliphatic rings. The molecule has 0 aromatic heterocycles. The van der Waals surface area contributed by atoms with Crippen LogP contribution in [0.4, 0.5) is 0 Å². The van der Waals surface area contributed by atoms with Crippen LogP contribution in [0.15, 0.2) is 0 Å². The van der Waals surface area contributed by atoms with Crippen LogP contribution in [0.1, 0.15) is 38.5 Å². The van der Waals surface area contributed by atoms with Crippen LogP contribution in [-0.2, 0) is 14.3 Å². The number of halogens is 2. The molecule has 0 bridgehead atoms. The molecule has 0 N–H and O–H groups in total. The van der Waals surface area contributed by atoms with E-state index in [0.717, 1.165) is 32.1 Å². The second-order valence-electron chi connectivity index (χ2n) is 4.31. The van der Waals surface area contributed by atoms with Gasteiger partial charge >= 0.3 is 5.97 Å². The Morgan fingerprint density at radius 2 is 1.67 bits per heavy atom. The molecule has 1 heterocycles. The highest BCUT2D eigenvalue weighted by Gasteiger charge is 2.55. The van der Waals surface area contributed by atoms with Gasteiger partial charge in [-0.1, -0.05) is 29.6 Å². The standard InChI is InChI=1S/C10H12Cl2O3/c11-10(12)7(13)6-9(15-8(10)14)4-2-1-3-5-9/h1-6H2. The summed E-state index contributed by atoms with van der Waals surface area (Å²) in [4.78, 5) is 23.1. The van der Waals surface area contributed by atoms with E-state index in [9.17, 15) is 9.59 Å². The van der Waals surface area contributed by atoms with Crippen molar-refractivity contribution < 1.29 is 14.3 Å². The maximum Gasteiger partial charge on any atom is 0.351 e. The zero-order valence-electron chi connectivity index (χ0n) is 8.22. The third-order valence-corrected chi connectivity index (χ3v) is 3.89. The minimum atomic E-state index is -1.98. The Bertz CT molecular complexity index is 284. The normalized spacial score (nSPS) is 28.9. The predicted molar refractivity (Wildman–Crippen MR) is 56.0 cm³/mol. The fraction of sp³-hybridized carbons (Fsp3) is 0.800. The summed E-state index contributed by atoms with van der Waals surface area (Å²) in [6, 6.07) is 0. The van der Waals surface area contributed by atoms with Crippen LogP contribution in [0, 0.1) is 0 Å². The lowest BCUT2D eigenvalue weighted by Crippen LogP contribution is -2.53. The van der Waals surface area contributed by atoms with Gasteiger partial charge in [-0.3, -0.25) is 4.79 Å². The second kappa shape index (κ2) is 3.63. The molecular formula is C10H12Cl2O3. The minimum Gasteiger partial charge on any atom is -0.456 e. The minimum absolute atomic E-state index is 0.158. The van der Waals surface area contributed by atoms with Crippen LogP contribution in [0.2, 0.25) is 0 Å².